The zero-order valence-corrected chi connectivity index (χ0v) is 12.1. The van der Waals surface area contributed by atoms with E-state index in [2.05, 4.69) is 4.72 Å². The number of nitrogens with zero attached hydrogens (tertiary/aromatic N) is 1. The maximum absolute atomic E-state index is 12.1. The van der Waals surface area contributed by atoms with Crippen LogP contribution in [0.15, 0.2) is 23.1 Å². The third-order valence-electron chi connectivity index (χ3n) is 2.80. The standard InChI is InChI=1S/C13H16N2O4S/c1-3-4-12(13(16)17)15-20(18,19)11-6-5-10(8-14)9(2)7-11/h5-7,12,15H,3-4H2,1-2H3,(H,16,17)/t12-/m0/s1. The van der Waals surface area contributed by atoms with Crippen molar-refractivity contribution in [2.45, 2.75) is 37.6 Å². The molecule has 2 N–H and O–H groups in total. The second kappa shape index (κ2) is 6.50. The van der Waals surface area contributed by atoms with Gasteiger partial charge in [-0.15, -0.1) is 0 Å². The molecule has 7 heteroatoms. The zero-order valence-electron chi connectivity index (χ0n) is 11.3. The third kappa shape index (κ3) is 3.79. The summed E-state index contributed by atoms with van der Waals surface area (Å²) in [7, 11) is -3.91. The van der Waals surface area contributed by atoms with E-state index in [-0.39, 0.29) is 11.3 Å². The summed E-state index contributed by atoms with van der Waals surface area (Å²) in [5.74, 6) is -1.21. The Labute approximate surface area is 118 Å². The Kier molecular flexibility index (Phi) is 5.25. The molecule has 0 bridgehead atoms. The molecule has 1 aromatic rings. The van der Waals surface area contributed by atoms with Crippen molar-refractivity contribution in [2.75, 3.05) is 0 Å². The van der Waals surface area contributed by atoms with Crippen LogP contribution in [0.2, 0.25) is 0 Å². The molecule has 6 nitrogen and oxygen atoms in total. The lowest BCUT2D eigenvalue weighted by molar-refractivity contribution is -0.139. The molecule has 0 heterocycles. The first-order chi connectivity index (χ1) is 9.31. The Bertz CT molecular complexity index is 647. The van der Waals surface area contributed by atoms with E-state index in [0.29, 0.717) is 17.5 Å². The molecule has 20 heavy (non-hydrogen) atoms. The number of nitriles is 1. The summed E-state index contributed by atoms with van der Waals surface area (Å²) in [6.45, 7) is 3.40. The first-order valence-electron chi connectivity index (χ1n) is 6.07. The second-order valence-corrected chi connectivity index (χ2v) is 6.10. The molecule has 1 atom stereocenters. The van der Waals surface area contributed by atoms with E-state index in [1.807, 2.05) is 6.07 Å². The van der Waals surface area contributed by atoms with E-state index in [9.17, 15) is 13.2 Å². The lowest BCUT2D eigenvalue weighted by Crippen LogP contribution is -2.40. The topological polar surface area (TPSA) is 107 Å². The quantitative estimate of drug-likeness (QED) is 0.825. The largest absolute Gasteiger partial charge is 0.480 e. The summed E-state index contributed by atoms with van der Waals surface area (Å²) in [5.41, 5.74) is 0.907. The van der Waals surface area contributed by atoms with Crippen molar-refractivity contribution in [1.82, 2.24) is 4.72 Å². The summed E-state index contributed by atoms with van der Waals surface area (Å²) in [4.78, 5) is 11.0. The maximum atomic E-state index is 12.1. The summed E-state index contributed by atoms with van der Waals surface area (Å²) in [6, 6.07) is 4.84. The van der Waals surface area contributed by atoms with Crippen LogP contribution in [0.4, 0.5) is 0 Å². The van der Waals surface area contributed by atoms with Crippen molar-refractivity contribution < 1.29 is 18.3 Å². The van der Waals surface area contributed by atoms with E-state index in [4.69, 9.17) is 10.4 Å². The Morgan fingerprint density at radius 2 is 2.15 bits per heavy atom. The monoisotopic (exact) mass is 296 g/mol. The van der Waals surface area contributed by atoms with Gasteiger partial charge >= 0.3 is 5.97 Å². The van der Waals surface area contributed by atoms with Crippen LogP contribution in [0.3, 0.4) is 0 Å². The average Bonchev–Trinajstić information content (AvgIpc) is 2.37. The second-order valence-electron chi connectivity index (χ2n) is 4.39. The highest BCUT2D eigenvalue weighted by Crippen LogP contribution is 2.15. The van der Waals surface area contributed by atoms with E-state index in [1.54, 1.807) is 13.8 Å². The third-order valence-corrected chi connectivity index (χ3v) is 4.27. The molecule has 108 valence electrons. The zero-order chi connectivity index (χ0) is 15.3. The maximum Gasteiger partial charge on any atom is 0.321 e. The molecule has 0 saturated heterocycles. The molecule has 0 radical (unpaired) electrons. The molecule has 0 amide bonds. The van der Waals surface area contributed by atoms with Gasteiger partial charge in [0.05, 0.1) is 16.5 Å². The minimum Gasteiger partial charge on any atom is -0.480 e. The van der Waals surface area contributed by atoms with Crippen LogP contribution >= 0.6 is 0 Å². The number of aliphatic carboxylic acids is 1. The van der Waals surface area contributed by atoms with Gasteiger partial charge in [0.15, 0.2) is 0 Å². The predicted octanol–water partition coefficient (Wildman–Crippen LogP) is 1.40. The number of sulfonamides is 1. The van der Waals surface area contributed by atoms with Crippen LogP contribution in [0.25, 0.3) is 0 Å². The van der Waals surface area contributed by atoms with Crippen molar-refractivity contribution in [3.05, 3.63) is 29.3 Å². The van der Waals surface area contributed by atoms with Gasteiger partial charge in [-0.25, -0.2) is 8.42 Å². The van der Waals surface area contributed by atoms with Crippen LogP contribution in [0.5, 0.6) is 0 Å². The number of aryl methyl sites for hydroxylation is 1. The Morgan fingerprint density at radius 1 is 1.50 bits per heavy atom. The van der Waals surface area contributed by atoms with E-state index in [0.717, 1.165) is 0 Å². The molecule has 0 spiro atoms. The Morgan fingerprint density at radius 3 is 2.60 bits per heavy atom. The number of rotatable bonds is 6. The van der Waals surface area contributed by atoms with E-state index in [1.165, 1.54) is 18.2 Å². The molecule has 0 unspecified atom stereocenters. The van der Waals surface area contributed by atoms with Gasteiger partial charge in [0, 0.05) is 0 Å². The molecule has 1 aromatic carbocycles. The number of carboxylic acid groups (broad SMARTS) is 1. The van der Waals surface area contributed by atoms with Crippen LogP contribution in [-0.4, -0.2) is 25.5 Å². The predicted molar refractivity (Wildman–Crippen MR) is 72.5 cm³/mol. The summed E-state index contributed by atoms with van der Waals surface area (Å²) in [6.07, 6.45) is 0.760. The minimum atomic E-state index is -3.91. The van der Waals surface area contributed by atoms with Gasteiger partial charge in [-0.3, -0.25) is 4.79 Å². The fraction of sp³-hybridized carbons (Fsp3) is 0.385. The van der Waals surface area contributed by atoms with Crippen molar-refractivity contribution in [2.24, 2.45) is 0 Å². The number of hydrogen-bond donors (Lipinski definition) is 2. The summed E-state index contributed by atoms with van der Waals surface area (Å²) < 4.78 is 26.4. The van der Waals surface area contributed by atoms with Gasteiger partial charge < -0.3 is 5.11 Å². The molecule has 0 aliphatic carbocycles. The SMILES string of the molecule is CCC[C@H](NS(=O)(=O)c1ccc(C#N)c(C)c1)C(=O)O. The summed E-state index contributed by atoms with van der Waals surface area (Å²) in [5, 5.41) is 17.8. The average molecular weight is 296 g/mol. The highest BCUT2D eigenvalue weighted by atomic mass is 32.2. The number of nitrogens with one attached hydrogen (secondary N) is 1. The molecular formula is C13H16N2O4S. The molecule has 0 saturated carbocycles. The van der Waals surface area contributed by atoms with Crippen LogP contribution in [-0.2, 0) is 14.8 Å². The molecule has 0 fully saturated rings. The summed E-state index contributed by atoms with van der Waals surface area (Å²) >= 11 is 0. The van der Waals surface area contributed by atoms with E-state index < -0.39 is 22.0 Å². The smallest absolute Gasteiger partial charge is 0.321 e. The van der Waals surface area contributed by atoms with Gasteiger partial charge in [-0.05, 0) is 37.1 Å². The Hall–Kier alpha value is -1.91. The van der Waals surface area contributed by atoms with Gasteiger partial charge in [0.1, 0.15) is 6.04 Å². The van der Waals surface area contributed by atoms with Gasteiger partial charge in [0.2, 0.25) is 10.0 Å². The molecule has 0 aromatic heterocycles. The number of benzene rings is 1. The normalized spacial score (nSPS) is 12.7. The van der Waals surface area contributed by atoms with E-state index >= 15 is 0 Å². The fourth-order valence-electron chi connectivity index (χ4n) is 1.71. The van der Waals surface area contributed by atoms with Crippen molar-refractivity contribution in [3.8, 4) is 6.07 Å². The fourth-order valence-corrected chi connectivity index (χ4v) is 3.01. The first-order valence-corrected chi connectivity index (χ1v) is 7.56. The van der Waals surface area contributed by atoms with Crippen molar-refractivity contribution in [1.29, 1.82) is 5.26 Å². The van der Waals surface area contributed by atoms with Crippen molar-refractivity contribution in [3.63, 3.8) is 0 Å². The molecule has 0 aliphatic heterocycles. The van der Waals surface area contributed by atoms with Gasteiger partial charge in [0.25, 0.3) is 0 Å². The number of carboxylic acids is 1. The lowest BCUT2D eigenvalue weighted by Gasteiger charge is -2.14. The lowest BCUT2D eigenvalue weighted by atomic mass is 10.1. The highest BCUT2D eigenvalue weighted by Gasteiger charge is 2.24. The van der Waals surface area contributed by atoms with Crippen molar-refractivity contribution >= 4 is 16.0 Å². The molecular weight excluding hydrogens is 280 g/mol. The van der Waals surface area contributed by atoms with Gasteiger partial charge in [-0.1, -0.05) is 13.3 Å². The number of carbonyl (C=O) groups is 1. The minimum absolute atomic E-state index is 0.0450. The Balaban J connectivity index is 3.08. The highest BCUT2D eigenvalue weighted by molar-refractivity contribution is 7.89. The molecule has 1 rings (SSSR count). The van der Waals surface area contributed by atoms with Gasteiger partial charge in [-0.2, -0.15) is 9.98 Å². The van der Waals surface area contributed by atoms with Crippen LogP contribution in [0, 0.1) is 18.3 Å². The van der Waals surface area contributed by atoms with Crippen LogP contribution < -0.4 is 4.72 Å². The first kappa shape index (κ1) is 16.1. The molecule has 0 aliphatic rings. The van der Waals surface area contributed by atoms with Crippen LogP contribution in [0.1, 0.15) is 30.9 Å². The number of hydrogen-bond acceptors (Lipinski definition) is 4.